The number of hydrogen-bond donors (Lipinski definition) is 3. The van der Waals surface area contributed by atoms with E-state index in [9.17, 15) is 24.0 Å². The van der Waals surface area contributed by atoms with Gasteiger partial charge < -0.3 is 25.3 Å². The highest BCUT2D eigenvalue weighted by Crippen LogP contribution is 2.37. The van der Waals surface area contributed by atoms with Gasteiger partial charge in [-0.2, -0.15) is 0 Å². The summed E-state index contributed by atoms with van der Waals surface area (Å²) >= 11 is 0. The van der Waals surface area contributed by atoms with E-state index in [4.69, 9.17) is 4.43 Å². The van der Waals surface area contributed by atoms with Crippen LogP contribution in [-0.4, -0.2) is 78.9 Å². The molecule has 2 fully saturated rings. The molecule has 2 aromatic carbocycles. The molecule has 53 heavy (non-hydrogen) atoms. The number of nitrogens with one attached hydrogen (secondary N) is 3. The van der Waals surface area contributed by atoms with Gasteiger partial charge in [0.05, 0.1) is 0 Å². The van der Waals surface area contributed by atoms with E-state index >= 15 is 0 Å². The molecule has 290 valence electrons. The molecule has 2 heterocycles. The van der Waals surface area contributed by atoms with Crippen molar-refractivity contribution >= 4 is 48.1 Å². The highest BCUT2D eigenvalue weighted by atomic mass is 28.4. The zero-order valence-electron chi connectivity index (χ0n) is 33.1. The molecule has 2 aromatic rings. The van der Waals surface area contributed by atoms with Crippen molar-refractivity contribution in [3.63, 3.8) is 0 Å². The van der Waals surface area contributed by atoms with Crippen molar-refractivity contribution in [3.05, 3.63) is 60.7 Å². The monoisotopic (exact) mass is 746 g/mol. The van der Waals surface area contributed by atoms with E-state index in [0.717, 1.165) is 10.4 Å². The number of rotatable bonds is 14. The molecule has 11 heteroatoms. The molecule has 0 aliphatic carbocycles. The number of carbonyl (C=O) groups is 5. The van der Waals surface area contributed by atoms with E-state index in [1.54, 1.807) is 11.8 Å². The fourth-order valence-corrected chi connectivity index (χ4v) is 12.4. The Bertz CT molecular complexity index is 1540. The topological polar surface area (TPSA) is 134 Å². The normalized spacial score (nSPS) is 24.2. The largest absolute Gasteiger partial charge is 0.398 e. The number of unbranched alkanes of at least 4 members (excludes halogenated alkanes) is 2. The van der Waals surface area contributed by atoms with Gasteiger partial charge in [-0.15, -0.1) is 0 Å². The SMILES string of the molecule is CC[C@H](C)[C@@H]1NC(=O)[C@](C)(CC)NC(=O)[C@H](CCCCCC(=O)[C@@H](C)O[Si](c2ccccc2)(c2ccccc2)C(C)(C)C)NC(=O)[C@H]2CCCN2C1=O. The average Bonchev–Trinajstić information content (AvgIpc) is 3.64. The number of carbonyl (C=O) groups excluding carboxylic acids is 5. The second-order valence-electron chi connectivity index (χ2n) is 16.3. The molecule has 3 N–H and O–H groups in total. The number of hydrogen-bond acceptors (Lipinski definition) is 6. The molecule has 0 aromatic heterocycles. The maximum atomic E-state index is 13.8. The van der Waals surface area contributed by atoms with Crippen LogP contribution in [0, 0.1) is 5.92 Å². The van der Waals surface area contributed by atoms with Gasteiger partial charge in [0.1, 0.15) is 29.8 Å². The van der Waals surface area contributed by atoms with Crippen LogP contribution in [-0.2, 0) is 28.4 Å². The number of ketones is 1. The standard InChI is InChI=1S/C42H62N4O6Si/c1-9-29(3)36-39(50)46-28-20-26-34(46)38(49)43-33(37(48)45-42(8,10-2)40(51)44-36)25-18-13-19-27-35(47)30(4)52-53(41(5,6)7,31-21-14-11-15-22-31)32-23-16-12-17-24-32/h11-12,14-17,21-24,29-30,33-34,36H,9-10,13,18-20,25-28H2,1-8H3,(H,43,49)(H,44,51)(H,45,48)/t29-,30+,33-,34+,36-,42-/m0/s1. The molecule has 2 saturated heterocycles. The Morgan fingerprint density at radius 2 is 1.51 bits per heavy atom. The van der Waals surface area contributed by atoms with Crippen molar-refractivity contribution < 1.29 is 28.4 Å². The lowest BCUT2D eigenvalue weighted by Crippen LogP contribution is -2.68. The summed E-state index contributed by atoms with van der Waals surface area (Å²) in [5.74, 6) is -1.58. The van der Waals surface area contributed by atoms with Gasteiger partial charge in [-0.1, -0.05) is 121 Å². The third-order valence-electron chi connectivity index (χ3n) is 11.5. The minimum absolute atomic E-state index is 0.0291. The molecular weight excluding hydrogens is 685 g/mol. The van der Waals surface area contributed by atoms with E-state index in [1.165, 1.54) is 0 Å². The van der Waals surface area contributed by atoms with Gasteiger partial charge in [0.25, 0.3) is 8.32 Å². The smallest absolute Gasteiger partial charge is 0.262 e. The van der Waals surface area contributed by atoms with Gasteiger partial charge in [0.2, 0.25) is 23.6 Å². The van der Waals surface area contributed by atoms with Gasteiger partial charge in [-0.25, -0.2) is 0 Å². The van der Waals surface area contributed by atoms with Gasteiger partial charge in [0, 0.05) is 13.0 Å². The van der Waals surface area contributed by atoms with Crippen molar-refractivity contribution in [1.29, 1.82) is 0 Å². The van der Waals surface area contributed by atoms with Crippen LogP contribution in [0.2, 0.25) is 5.04 Å². The summed E-state index contributed by atoms with van der Waals surface area (Å²) in [5, 5.41) is 10.8. The van der Waals surface area contributed by atoms with Crippen molar-refractivity contribution in [2.24, 2.45) is 5.92 Å². The first kappa shape index (κ1) is 41.9. The average molecular weight is 747 g/mol. The van der Waals surface area contributed by atoms with Crippen molar-refractivity contribution in [2.75, 3.05) is 6.54 Å². The first-order chi connectivity index (χ1) is 25.1. The maximum absolute atomic E-state index is 13.8. The highest BCUT2D eigenvalue weighted by molar-refractivity contribution is 6.99. The Hall–Kier alpha value is -3.83. The molecule has 10 nitrogen and oxygen atoms in total. The first-order valence-corrected chi connectivity index (χ1v) is 21.6. The predicted octanol–water partition coefficient (Wildman–Crippen LogP) is 4.78. The summed E-state index contributed by atoms with van der Waals surface area (Å²) in [4.78, 5) is 70.1. The molecule has 0 bridgehead atoms. The number of amides is 4. The fraction of sp³-hybridized carbons (Fsp3) is 0.595. The third kappa shape index (κ3) is 9.46. The molecular formula is C42H62N4O6Si. The lowest BCUT2D eigenvalue weighted by Gasteiger charge is -2.44. The zero-order valence-corrected chi connectivity index (χ0v) is 34.1. The van der Waals surface area contributed by atoms with E-state index in [1.807, 2.05) is 64.1 Å². The Morgan fingerprint density at radius 1 is 0.906 bits per heavy atom. The van der Waals surface area contributed by atoms with E-state index in [-0.39, 0.29) is 28.6 Å². The van der Waals surface area contributed by atoms with Crippen LogP contribution in [0.1, 0.15) is 113 Å². The molecule has 0 spiro atoms. The molecule has 4 amide bonds. The Morgan fingerprint density at radius 3 is 2.06 bits per heavy atom. The van der Waals surface area contributed by atoms with Crippen LogP contribution >= 0.6 is 0 Å². The van der Waals surface area contributed by atoms with Crippen molar-refractivity contribution in [3.8, 4) is 0 Å². The second-order valence-corrected chi connectivity index (χ2v) is 20.5. The van der Waals surface area contributed by atoms with Crippen LogP contribution in [0.25, 0.3) is 0 Å². The van der Waals surface area contributed by atoms with E-state index < -0.39 is 49.9 Å². The van der Waals surface area contributed by atoms with Gasteiger partial charge >= 0.3 is 0 Å². The predicted molar refractivity (Wildman–Crippen MR) is 211 cm³/mol. The van der Waals surface area contributed by atoms with Crippen molar-refractivity contribution in [1.82, 2.24) is 20.9 Å². The number of fused-ring (bicyclic) bond motifs is 1. The molecule has 0 saturated carbocycles. The lowest BCUT2D eigenvalue weighted by molar-refractivity contribution is -0.145. The quantitative estimate of drug-likeness (QED) is 0.189. The molecule has 2 aliphatic rings. The van der Waals surface area contributed by atoms with Crippen LogP contribution < -0.4 is 26.3 Å². The molecule has 6 atom stereocenters. The maximum Gasteiger partial charge on any atom is 0.262 e. The van der Waals surface area contributed by atoms with Gasteiger partial charge in [-0.3, -0.25) is 24.0 Å². The molecule has 2 aliphatic heterocycles. The third-order valence-corrected chi connectivity index (χ3v) is 16.6. The van der Waals surface area contributed by atoms with Crippen LogP contribution in [0.5, 0.6) is 0 Å². The van der Waals surface area contributed by atoms with Crippen molar-refractivity contribution in [2.45, 2.75) is 148 Å². The summed E-state index contributed by atoms with van der Waals surface area (Å²) in [6.45, 7) is 16.2. The molecule has 4 rings (SSSR count). The minimum atomic E-state index is -2.89. The molecule has 0 radical (unpaired) electrons. The number of nitrogens with zero attached hydrogens (tertiary/aromatic N) is 1. The first-order valence-electron chi connectivity index (χ1n) is 19.6. The van der Waals surface area contributed by atoms with E-state index in [0.29, 0.717) is 64.3 Å². The number of Topliss-reactive ketones (excluding diaryl/α,β-unsaturated/α-hetero) is 1. The number of benzene rings is 2. The summed E-state index contributed by atoms with van der Waals surface area (Å²) in [7, 11) is -2.89. The Balaban J connectivity index is 1.44. The molecule has 0 unspecified atom stereocenters. The Labute approximate surface area is 317 Å². The van der Waals surface area contributed by atoms with Gasteiger partial charge in [0.15, 0.2) is 5.78 Å². The minimum Gasteiger partial charge on any atom is -0.398 e. The van der Waals surface area contributed by atoms with Crippen LogP contribution in [0.15, 0.2) is 60.7 Å². The summed E-state index contributed by atoms with van der Waals surface area (Å²) in [5.41, 5.74) is -1.27. The summed E-state index contributed by atoms with van der Waals surface area (Å²) in [6.07, 6.45) is 4.01. The zero-order chi connectivity index (χ0) is 39.0. The lowest BCUT2D eigenvalue weighted by atomic mass is 9.92. The van der Waals surface area contributed by atoms with Crippen LogP contribution in [0.4, 0.5) is 0 Å². The van der Waals surface area contributed by atoms with Crippen LogP contribution in [0.3, 0.4) is 0 Å². The summed E-state index contributed by atoms with van der Waals surface area (Å²) < 4.78 is 7.02. The Kier molecular flexibility index (Phi) is 14.2. The van der Waals surface area contributed by atoms with Gasteiger partial charge in [-0.05, 0) is 67.3 Å². The highest BCUT2D eigenvalue weighted by Gasteiger charge is 2.51. The fourth-order valence-electron chi connectivity index (χ4n) is 7.72. The second kappa shape index (κ2) is 18.0. The summed E-state index contributed by atoms with van der Waals surface area (Å²) in [6, 6.07) is 18.1. The van der Waals surface area contributed by atoms with E-state index in [2.05, 4.69) is 61.0 Å².